The van der Waals surface area contributed by atoms with Crippen molar-refractivity contribution in [2.24, 2.45) is 0 Å². The van der Waals surface area contributed by atoms with E-state index in [2.05, 4.69) is 63.0 Å². The molecule has 4 aromatic rings. The van der Waals surface area contributed by atoms with Gasteiger partial charge >= 0.3 is 6.09 Å². The summed E-state index contributed by atoms with van der Waals surface area (Å²) >= 11 is 0. The van der Waals surface area contributed by atoms with Crippen LogP contribution in [0, 0.1) is 23.1 Å². The maximum absolute atomic E-state index is 17.9. The zero-order valence-electron chi connectivity index (χ0n) is 37.9. The molecule has 0 aliphatic carbocycles. The fourth-order valence-corrected chi connectivity index (χ4v) is 16.1. The Morgan fingerprint density at radius 3 is 2.31 bits per heavy atom. The van der Waals surface area contributed by atoms with E-state index in [0.717, 1.165) is 0 Å². The van der Waals surface area contributed by atoms with Gasteiger partial charge in [0.2, 0.25) is 20.9 Å². The average molecular weight is 892 g/mol. The van der Waals surface area contributed by atoms with Crippen LogP contribution < -0.4 is 14.4 Å². The van der Waals surface area contributed by atoms with Gasteiger partial charge in [0.15, 0.2) is 12.6 Å². The molecule has 62 heavy (non-hydrogen) atoms. The highest BCUT2D eigenvalue weighted by atomic mass is 32.2. The number of aromatic nitrogens is 3. The number of hydrogen-bond acceptors (Lipinski definition) is 11. The van der Waals surface area contributed by atoms with Gasteiger partial charge in [0, 0.05) is 24.6 Å². The number of benzene rings is 2. The Bertz CT molecular complexity index is 2570. The van der Waals surface area contributed by atoms with E-state index in [9.17, 15) is 13.2 Å². The Hall–Kier alpha value is -4.59. The molecule has 2 bridgehead atoms. The van der Waals surface area contributed by atoms with Gasteiger partial charge in [-0.1, -0.05) is 67.4 Å². The standard InChI is InChI=1S/C46H59F2N5O7SSi/c1-13-35-41-34-18-16-29(53(34)45(54)60-46(9,10)11)23-52(41)42-37-40(50-44(51-42)61(55,56)14-2)38(48)39(49-43(37)59-35)32-22-30(58-24-57-12)21-28-15-17-33(47)31(36(28)32)19-20-62(25(3)4,26(5)6)27(7)8/h15,17,21-22,25-27,29,34-35,41H,13-14,16,18,23-24H2,1-12H3/t29-,34+,35+,41+/m1/s1. The smallest absolute Gasteiger partial charge is 0.410 e. The van der Waals surface area contributed by atoms with E-state index in [4.69, 9.17) is 23.9 Å². The lowest BCUT2D eigenvalue weighted by Gasteiger charge is -2.48. The molecule has 16 heteroatoms. The molecule has 4 atom stereocenters. The summed E-state index contributed by atoms with van der Waals surface area (Å²) in [5, 5.41) is 0.379. The van der Waals surface area contributed by atoms with Crippen LogP contribution in [0.15, 0.2) is 29.4 Å². The van der Waals surface area contributed by atoms with Crippen molar-refractivity contribution >= 4 is 51.5 Å². The third-order valence-electron chi connectivity index (χ3n) is 12.9. The number of piperazine rings is 1. The summed E-state index contributed by atoms with van der Waals surface area (Å²) in [5.41, 5.74) is 3.34. The summed E-state index contributed by atoms with van der Waals surface area (Å²) in [7, 11) is -5.01. The van der Waals surface area contributed by atoms with Crippen molar-refractivity contribution in [3.8, 4) is 34.4 Å². The Morgan fingerprint density at radius 2 is 1.69 bits per heavy atom. The molecule has 1 amide bonds. The summed E-state index contributed by atoms with van der Waals surface area (Å²) in [6.07, 6.45) is 0.687. The van der Waals surface area contributed by atoms with Gasteiger partial charge in [0.25, 0.3) is 0 Å². The summed E-state index contributed by atoms with van der Waals surface area (Å²) in [5.74, 6) is 1.87. The molecular weight excluding hydrogens is 833 g/mol. The normalized spacial score (nSPS) is 20.1. The maximum atomic E-state index is 17.9. The predicted octanol–water partition coefficient (Wildman–Crippen LogP) is 9.60. The van der Waals surface area contributed by atoms with E-state index in [1.807, 2.05) is 32.6 Å². The van der Waals surface area contributed by atoms with E-state index < -0.39 is 64.6 Å². The highest BCUT2D eigenvalue weighted by Crippen LogP contribution is 2.48. The zero-order valence-corrected chi connectivity index (χ0v) is 39.7. The number of nitrogens with zero attached hydrogens (tertiary/aromatic N) is 5. The fourth-order valence-electron chi connectivity index (χ4n) is 10.2. The van der Waals surface area contributed by atoms with Gasteiger partial charge in [0.1, 0.15) is 53.8 Å². The summed E-state index contributed by atoms with van der Waals surface area (Å²) in [4.78, 5) is 31.6. The molecule has 334 valence electrons. The highest BCUT2D eigenvalue weighted by molar-refractivity contribution is 7.91. The molecule has 2 aromatic carbocycles. The van der Waals surface area contributed by atoms with E-state index >= 15 is 8.78 Å². The number of anilines is 1. The molecule has 2 aromatic heterocycles. The van der Waals surface area contributed by atoms with Crippen LogP contribution in [0.4, 0.5) is 19.4 Å². The Kier molecular flexibility index (Phi) is 12.3. The minimum Gasteiger partial charge on any atom is -0.471 e. The van der Waals surface area contributed by atoms with Crippen molar-refractivity contribution in [1.82, 2.24) is 19.9 Å². The Morgan fingerprint density at radius 1 is 1.00 bits per heavy atom. The Labute approximate surface area is 365 Å². The lowest BCUT2D eigenvalue weighted by atomic mass is 9.95. The van der Waals surface area contributed by atoms with Crippen LogP contribution in [0.3, 0.4) is 0 Å². The molecule has 5 heterocycles. The number of methoxy groups -OCH3 is 1. The SMILES string of the molecule is CC[C@@H]1Oc2nc(-c3cc(OCOC)cc4ccc(F)c(C#C[Si](C(C)C)(C(C)C)C(C)C)c34)c(F)c3nc(S(=O)(=O)CC)nc(c23)N2C[C@H]3CC[C@@H]([C@@H]12)N3C(=O)OC(C)(C)C. The van der Waals surface area contributed by atoms with Crippen LogP contribution in [0.25, 0.3) is 32.9 Å². The molecule has 3 aliphatic rings. The molecule has 0 radical (unpaired) electrons. The number of sulfone groups is 1. The second-order valence-electron chi connectivity index (χ2n) is 18.6. The van der Waals surface area contributed by atoms with Crippen LogP contribution in [-0.2, 0) is 19.3 Å². The van der Waals surface area contributed by atoms with Crippen molar-refractivity contribution in [2.75, 3.05) is 31.1 Å². The maximum Gasteiger partial charge on any atom is 0.410 e. The fraction of sp³-hybridized carbons (Fsp3) is 0.565. The van der Waals surface area contributed by atoms with E-state index in [1.165, 1.54) is 20.1 Å². The van der Waals surface area contributed by atoms with Gasteiger partial charge in [0.05, 0.1) is 29.4 Å². The van der Waals surface area contributed by atoms with Gasteiger partial charge in [-0.05, 0) is 80.2 Å². The number of halogens is 2. The first-order valence-corrected chi connectivity index (χ1v) is 25.6. The second kappa shape index (κ2) is 16.8. The van der Waals surface area contributed by atoms with Crippen molar-refractivity contribution in [2.45, 2.75) is 147 Å². The number of amides is 1. The van der Waals surface area contributed by atoms with Gasteiger partial charge in [-0.15, -0.1) is 5.54 Å². The van der Waals surface area contributed by atoms with Gasteiger partial charge in [-0.3, -0.25) is 4.90 Å². The first-order valence-electron chi connectivity index (χ1n) is 21.7. The molecule has 2 saturated heterocycles. The summed E-state index contributed by atoms with van der Waals surface area (Å²) in [6.45, 7) is 22.1. The molecule has 2 fully saturated rings. The summed E-state index contributed by atoms with van der Waals surface area (Å²) < 4.78 is 85.6. The monoisotopic (exact) mass is 891 g/mol. The third-order valence-corrected chi connectivity index (χ3v) is 20.7. The number of fused-ring (bicyclic) bond motifs is 6. The van der Waals surface area contributed by atoms with Crippen LogP contribution >= 0.6 is 0 Å². The number of rotatable bonds is 10. The van der Waals surface area contributed by atoms with E-state index in [0.29, 0.717) is 35.8 Å². The lowest BCUT2D eigenvalue weighted by Crippen LogP contribution is -2.65. The Balaban J connectivity index is 1.53. The highest BCUT2D eigenvalue weighted by Gasteiger charge is 2.54. The number of hydrogen-bond donors (Lipinski definition) is 0. The largest absolute Gasteiger partial charge is 0.471 e. The molecule has 0 unspecified atom stereocenters. The molecule has 0 spiro atoms. The molecule has 3 aliphatic heterocycles. The van der Waals surface area contributed by atoms with Crippen LogP contribution in [0.5, 0.6) is 11.6 Å². The zero-order chi connectivity index (χ0) is 45.2. The van der Waals surface area contributed by atoms with E-state index in [-0.39, 0.29) is 81.2 Å². The first kappa shape index (κ1) is 45.4. The predicted molar refractivity (Wildman–Crippen MR) is 239 cm³/mol. The van der Waals surface area contributed by atoms with Crippen molar-refractivity contribution in [3.63, 3.8) is 0 Å². The van der Waals surface area contributed by atoms with Crippen molar-refractivity contribution < 1.29 is 40.9 Å². The van der Waals surface area contributed by atoms with Crippen LogP contribution in [0.2, 0.25) is 16.6 Å². The number of carbonyl (C=O) groups is 1. The van der Waals surface area contributed by atoms with E-state index in [1.54, 1.807) is 23.1 Å². The van der Waals surface area contributed by atoms with Crippen molar-refractivity contribution in [1.29, 1.82) is 0 Å². The van der Waals surface area contributed by atoms with Gasteiger partial charge < -0.3 is 23.8 Å². The first-order chi connectivity index (χ1) is 29.2. The second-order valence-corrected chi connectivity index (χ2v) is 26.4. The van der Waals surface area contributed by atoms with Gasteiger partial charge in [-0.2, -0.15) is 0 Å². The number of ether oxygens (including phenoxy) is 4. The molecule has 12 nitrogen and oxygen atoms in total. The lowest BCUT2D eigenvalue weighted by molar-refractivity contribution is -0.000584. The molecule has 0 N–H and O–H groups in total. The number of carbonyl (C=O) groups excluding carboxylic acids is 1. The molecular formula is C46H59F2N5O7SSi. The third kappa shape index (κ3) is 7.76. The van der Waals surface area contributed by atoms with Crippen LogP contribution in [-0.4, -0.2) is 98.5 Å². The van der Waals surface area contributed by atoms with Crippen LogP contribution in [0.1, 0.15) is 101 Å². The summed E-state index contributed by atoms with van der Waals surface area (Å²) in [6, 6.07) is 4.99. The number of pyridine rings is 1. The quantitative estimate of drug-likeness (QED) is 0.0653. The van der Waals surface area contributed by atoms with Crippen molar-refractivity contribution in [3.05, 3.63) is 41.5 Å². The molecule has 7 rings (SSSR count). The minimum atomic E-state index is -4.10. The molecule has 0 saturated carbocycles. The average Bonchev–Trinajstić information content (AvgIpc) is 3.45. The minimum absolute atomic E-state index is 0.0148. The van der Waals surface area contributed by atoms with Gasteiger partial charge in [-0.25, -0.2) is 36.9 Å². The topological polar surface area (TPSA) is 133 Å².